The Bertz CT molecular complexity index is 634. The van der Waals surface area contributed by atoms with Crippen molar-refractivity contribution in [2.24, 2.45) is 82.5 Å². The van der Waals surface area contributed by atoms with Gasteiger partial charge in [0.1, 0.15) is 0 Å². The van der Waals surface area contributed by atoms with Crippen LogP contribution in [0.4, 0.5) is 0 Å². The van der Waals surface area contributed by atoms with E-state index in [1.165, 1.54) is 25.7 Å². The summed E-state index contributed by atoms with van der Waals surface area (Å²) < 4.78 is 0. The van der Waals surface area contributed by atoms with Crippen LogP contribution in [0.3, 0.4) is 0 Å². The summed E-state index contributed by atoms with van der Waals surface area (Å²) in [4.78, 5) is 0. The topological polar surface area (TPSA) is 92.5 Å². The molecule has 0 radical (unpaired) electrons. The van der Waals surface area contributed by atoms with Gasteiger partial charge in [0.15, 0.2) is 0 Å². The molecule has 0 bridgehead atoms. The largest absolute Gasteiger partial charge is 0.393 e. The van der Waals surface area contributed by atoms with E-state index in [0.29, 0.717) is 83.1 Å². The molecule has 37 heavy (non-hydrogen) atoms. The van der Waals surface area contributed by atoms with Crippen molar-refractivity contribution in [3.05, 3.63) is 0 Å². The van der Waals surface area contributed by atoms with E-state index in [0.717, 1.165) is 44.9 Å². The zero-order valence-electron chi connectivity index (χ0n) is 25.1. The highest BCUT2D eigenvalue weighted by Gasteiger charge is 2.43. The van der Waals surface area contributed by atoms with Crippen molar-refractivity contribution in [3.8, 4) is 0 Å². The fourth-order valence-corrected chi connectivity index (χ4v) is 10.2. The highest BCUT2D eigenvalue weighted by Crippen LogP contribution is 2.47. The van der Waals surface area contributed by atoms with Crippen LogP contribution in [0.1, 0.15) is 112 Å². The number of aliphatic hydroxyl groups excluding tert-OH is 2. The van der Waals surface area contributed by atoms with Crippen molar-refractivity contribution >= 4 is 0 Å². The first-order chi connectivity index (χ1) is 17.4. The van der Waals surface area contributed by atoms with E-state index in [1.807, 2.05) is 0 Å². The number of hydrogen-bond acceptors (Lipinski definition) is 4. The van der Waals surface area contributed by atoms with Crippen LogP contribution in [0.2, 0.25) is 0 Å². The van der Waals surface area contributed by atoms with Crippen molar-refractivity contribution < 1.29 is 10.2 Å². The van der Waals surface area contributed by atoms with Gasteiger partial charge in [-0.05, 0) is 142 Å². The van der Waals surface area contributed by atoms with Crippen molar-refractivity contribution in [1.82, 2.24) is 0 Å². The normalized spacial score (nSPS) is 53.7. The first-order valence-electron chi connectivity index (χ1n) is 16.3. The highest BCUT2D eigenvalue weighted by atomic mass is 16.3. The van der Waals surface area contributed by atoms with Gasteiger partial charge < -0.3 is 21.7 Å². The van der Waals surface area contributed by atoms with E-state index in [-0.39, 0.29) is 12.2 Å². The van der Waals surface area contributed by atoms with Gasteiger partial charge in [-0.1, -0.05) is 41.5 Å². The molecule has 216 valence electrons. The second-order valence-electron chi connectivity index (χ2n) is 15.6. The SMILES string of the molecule is CC1CC(CC2CC(C)C(N)C(C)C2)C(O)C(CC2CC(C)CC(CC3CC(C)C(N)C(C)C3)C2O)C1. The molecule has 0 amide bonds. The molecule has 0 aromatic carbocycles. The molecule has 0 spiro atoms. The fraction of sp³-hybridized carbons (Fsp3) is 1.00. The van der Waals surface area contributed by atoms with Gasteiger partial charge in [-0.3, -0.25) is 0 Å². The number of nitrogens with two attached hydrogens (primary N) is 2. The molecule has 0 aromatic heterocycles. The summed E-state index contributed by atoms with van der Waals surface area (Å²) in [7, 11) is 0. The van der Waals surface area contributed by atoms with Crippen LogP contribution in [0.5, 0.6) is 0 Å². The van der Waals surface area contributed by atoms with Crippen molar-refractivity contribution in [3.63, 3.8) is 0 Å². The third-order valence-electron chi connectivity index (χ3n) is 12.1. The van der Waals surface area contributed by atoms with Gasteiger partial charge >= 0.3 is 0 Å². The van der Waals surface area contributed by atoms with Gasteiger partial charge in [-0.25, -0.2) is 0 Å². The molecule has 12 unspecified atom stereocenters. The molecule has 0 aromatic rings. The summed E-state index contributed by atoms with van der Waals surface area (Å²) in [5, 5.41) is 23.3. The molecule has 4 rings (SSSR count). The van der Waals surface area contributed by atoms with E-state index < -0.39 is 0 Å². The molecule has 4 nitrogen and oxygen atoms in total. The second-order valence-corrected chi connectivity index (χ2v) is 15.6. The average Bonchev–Trinajstić information content (AvgIpc) is 2.81. The minimum atomic E-state index is -0.207. The van der Waals surface area contributed by atoms with E-state index in [2.05, 4.69) is 41.5 Å². The lowest BCUT2D eigenvalue weighted by atomic mass is 9.62. The van der Waals surface area contributed by atoms with Gasteiger partial charge in [0.25, 0.3) is 0 Å². The summed E-state index contributed by atoms with van der Waals surface area (Å²) in [6.07, 6.45) is 12.4. The van der Waals surface area contributed by atoms with Gasteiger partial charge in [-0.2, -0.15) is 0 Å². The summed E-state index contributed by atoms with van der Waals surface area (Å²) in [5.41, 5.74) is 12.9. The van der Waals surface area contributed by atoms with Crippen molar-refractivity contribution in [2.45, 2.75) is 136 Å². The molecule has 4 fully saturated rings. The lowest BCUT2D eigenvalue weighted by molar-refractivity contribution is -0.0603. The Morgan fingerprint density at radius 2 is 0.730 bits per heavy atom. The molecule has 6 N–H and O–H groups in total. The molecule has 4 aliphatic carbocycles. The molecule has 4 saturated carbocycles. The molecule has 0 heterocycles. The Morgan fingerprint density at radius 3 is 1.03 bits per heavy atom. The third-order valence-corrected chi connectivity index (χ3v) is 12.1. The Kier molecular flexibility index (Phi) is 10.1. The molecular weight excluding hydrogens is 456 g/mol. The van der Waals surface area contributed by atoms with E-state index >= 15 is 0 Å². The van der Waals surface area contributed by atoms with Crippen LogP contribution in [-0.2, 0) is 0 Å². The van der Waals surface area contributed by atoms with Crippen LogP contribution < -0.4 is 11.5 Å². The van der Waals surface area contributed by atoms with Crippen LogP contribution in [-0.4, -0.2) is 34.5 Å². The van der Waals surface area contributed by atoms with Gasteiger partial charge in [0, 0.05) is 12.1 Å². The Labute approximate surface area is 229 Å². The van der Waals surface area contributed by atoms with Gasteiger partial charge in [0.05, 0.1) is 12.2 Å². The van der Waals surface area contributed by atoms with E-state index in [1.54, 1.807) is 0 Å². The van der Waals surface area contributed by atoms with E-state index in [9.17, 15) is 10.2 Å². The second kappa shape index (κ2) is 12.6. The number of aliphatic hydroxyl groups is 2. The summed E-state index contributed by atoms with van der Waals surface area (Å²) in [6, 6.07) is 0.664. The molecule has 4 heteroatoms. The third kappa shape index (κ3) is 7.14. The zero-order chi connectivity index (χ0) is 27.0. The summed E-state index contributed by atoms with van der Waals surface area (Å²) >= 11 is 0. The minimum Gasteiger partial charge on any atom is -0.393 e. The predicted molar refractivity (Wildman–Crippen MR) is 155 cm³/mol. The molecule has 4 aliphatic rings. The van der Waals surface area contributed by atoms with Gasteiger partial charge in [0.2, 0.25) is 0 Å². The number of hydrogen-bond donors (Lipinski definition) is 4. The van der Waals surface area contributed by atoms with Crippen LogP contribution in [0.25, 0.3) is 0 Å². The maximum absolute atomic E-state index is 11.6. The Morgan fingerprint density at radius 1 is 0.459 bits per heavy atom. The van der Waals surface area contributed by atoms with Crippen molar-refractivity contribution in [2.75, 3.05) is 0 Å². The first-order valence-corrected chi connectivity index (χ1v) is 16.3. The number of rotatable bonds is 6. The Hall–Kier alpha value is -0.160. The van der Waals surface area contributed by atoms with Crippen LogP contribution >= 0.6 is 0 Å². The molecule has 0 aliphatic heterocycles. The quantitative estimate of drug-likeness (QED) is 0.336. The Balaban J connectivity index is 1.36. The van der Waals surface area contributed by atoms with Crippen molar-refractivity contribution in [1.29, 1.82) is 0 Å². The fourth-order valence-electron chi connectivity index (χ4n) is 10.2. The summed E-state index contributed by atoms with van der Waals surface area (Å²) in [6.45, 7) is 14.1. The maximum atomic E-state index is 11.6. The van der Waals surface area contributed by atoms with E-state index in [4.69, 9.17) is 11.5 Å². The molecule has 0 saturated heterocycles. The maximum Gasteiger partial charge on any atom is 0.0596 e. The lowest BCUT2D eigenvalue weighted by Crippen LogP contribution is -2.45. The van der Waals surface area contributed by atoms with Gasteiger partial charge in [-0.15, -0.1) is 0 Å². The minimum absolute atomic E-state index is 0.207. The first kappa shape index (κ1) is 29.8. The molecular formula is C33H62N2O2. The monoisotopic (exact) mass is 518 g/mol. The van der Waals surface area contributed by atoms with Crippen LogP contribution in [0.15, 0.2) is 0 Å². The highest BCUT2D eigenvalue weighted by molar-refractivity contribution is 4.94. The average molecular weight is 519 g/mol. The van der Waals surface area contributed by atoms with Crippen LogP contribution in [0, 0.1) is 71.0 Å². The standard InChI is InChI=1S/C33H62N2O2/c1-18-7-26(15-24-11-20(3)30(34)21(4)12-24)32(36)28(9-18)17-29-10-19(2)8-27(33(29)37)16-25-13-22(5)31(35)23(6)14-25/h18-33,36-37H,7-17,34-35H2,1-6H3. The smallest absolute Gasteiger partial charge is 0.0596 e. The lowest BCUT2D eigenvalue weighted by Gasteiger charge is -2.46. The molecule has 12 atom stereocenters. The predicted octanol–water partition coefficient (Wildman–Crippen LogP) is 6.22. The summed E-state index contributed by atoms with van der Waals surface area (Å²) in [5.74, 6) is 6.60. The zero-order valence-corrected chi connectivity index (χ0v) is 25.1.